The van der Waals surface area contributed by atoms with Gasteiger partial charge in [-0.25, -0.2) is 5.32 Å². The quantitative estimate of drug-likeness (QED) is 0.391. The number of anilines is 1. The van der Waals surface area contributed by atoms with Gasteiger partial charge in [-0.3, -0.25) is 9.59 Å². The number of alkyl halides is 6. The predicted octanol–water partition coefficient (Wildman–Crippen LogP) is 2.30. The van der Waals surface area contributed by atoms with Crippen molar-refractivity contribution in [2.75, 3.05) is 32.2 Å². The van der Waals surface area contributed by atoms with Gasteiger partial charge in [0.25, 0.3) is 0 Å². The molecule has 0 radical (unpaired) electrons. The second kappa shape index (κ2) is 9.82. The van der Waals surface area contributed by atoms with E-state index in [4.69, 9.17) is 0 Å². The van der Waals surface area contributed by atoms with Crippen molar-refractivity contribution < 1.29 is 55.6 Å². The first kappa shape index (κ1) is 28.7. The lowest BCUT2D eigenvalue weighted by Gasteiger charge is -2.54. The standard InChI is InChI=1S/C21H26F6N2O6/c1-5-34-16(30)14-13(11-7-9-12(10-8-11)29(3)4)15(17(31)35-6-2)19(33,21(25,26)27)28-18(14,32)20(22,23)24/h7-10,13-15,28,32-33H,5-6H2,1-4H3/t13?,14-,15+,18+,19-. The first-order valence-electron chi connectivity index (χ1n) is 10.4. The van der Waals surface area contributed by atoms with Gasteiger partial charge in [0.1, 0.15) is 11.8 Å². The molecule has 35 heavy (non-hydrogen) atoms. The molecule has 0 saturated carbocycles. The molecule has 1 unspecified atom stereocenters. The number of rotatable bonds is 6. The zero-order valence-electron chi connectivity index (χ0n) is 19.2. The Labute approximate surface area is 196 Å². The zero-order valence-corrected chi connectivity index (χ0v) is 19.2. The van der Waals surface area contributed by atoms with Crippen LogP contribution in [0.25, 0.3) is 0 Å². The highest BCUT2D eigenvalue weighted by atomic mass is 19.4. The maximum Gasteiger partial charge on any atom is 0.432 e. The van der Waals surface area contributed by atoms with Gasteiger partial charge in [-0.15, -0.1) is 0 Å². The average Bonchev–Trinajstić information content (AvgIpc) is 2.71. The van der Waals surface area contributed by atoms with Crippen molar-refractivity contribution in [2.45, 2.75) is 43.6 Å². The second-order valence-corrected chi connectivity index (χ2v) is 8.12. The highest BCUT2D eigenvalue weighted by Crippen LogP contribution is 2.55. The van der Waals surface area contributed by atoms with E-state index in [0.29, 0.717) is 5.69 Å². The maximum absolute atomic E-state index is 14.1. The molecule has 2 rings (SSSR count). The molecular weight excluding hydrogens is 490 g/mol. The summed E-state index contributed by atoms with van der Waals surface area (Å²) in [5.41, 5.74) is -9.17. The normalized spacial score (nSPS) is 29.4. The Balaban J connectivity index is 2.96. The molecule has 0 amide bonds. The second-order valence-electron chi connectivity index (χ2n) is 8.12. The molecule has 198 valence electrons. The molecule has 8 nitrogen and oxygen atoms in total. The van der Waals surface area contributed by atoms with Crippen LogP contribution in [0.1, 0.15) is 25.3 Å². The first-order valence-corrected chi connectivity index (χ1v) is 10.4. The smallest absolute Gasteiger partial charge is 0.432 e. The summed E-state index contributed by atoms with van der Waals surface area (Å²) in [6.45, 7) is 1.50. The van der Waals surface area contributed by atoms with E-state index in [9.17, 15) is 46.1 Å². The minimum atomic E-state index is -5.93. The minimum absolute atomic E-state index is 0.376. The van der Waals surface area contributed by atoms with Crippen LogP contribution in [0.2, 0.25) is 0 Å². The number of halogens is 6. The Bertz CT molecular complexity index is 874. The van der Waals surface area contributed by atoms with E-state index in [1.54, 1.807) is 19.0 Å². The number of aliphatic hydroxyl groups is 2. The van der Waals surface area contributed by atoms with Gasteiger partial charge in [0, 0.05) is 25.7 Å². The van der Waals surface area contributed by atoms with E-state index < -0.39 is 66.7 Å². The predicted molar refractivity (Wildman–Crippen MR) is 109 cm³/mol. The number of piperidine rings is 1. The lowest BCUT2D eigenvalue weighted by molar-refractivity contribution is -0.376. The highest BCUT2D eigenvalue weighted by Gasteiger charge is 2.78. The molecule has 0 aliphatic carbocycles. The number of nitrogens with one attached hydrogen (secondary N) is 1. The van der Waals surface area contributed by atoms with Crippen molar-refractivity contribution in [2.24, 2.45) is 11.8 Å². The fourth-order valence-corrected chi connectivity index (χ4v) is 4.13. The molecule has 14 heteroatoms. The van der Waals surface area contributed by atoms with Crippen LogP contribution in [0.3, 0.4) is 0 Å². The van der Waals surface area contributed by atoms with Gasteiger partial charge >= 0.3 is 24.3 Å². The third-order valence-corrected chi connectivity index (χ3v) is 5.74. The van der Waals surface area contributed by atoms with Crippen molar-refractivity contribution in [3.63, 3.8) is 0 Å². The molecule has 0 bridgehead atoms. The summed E-state index contributed by atoms with van der Waals surface area (Å²) in [5, 5.41) is 22.0. The largest absolute Gasteiger partial charge is 0.466 e. The summed E-state index contributed by atoms with van der Waals surface area (Å²) in [6.07, 6.45) is -11.9. The van der Waals surface area contributed by atoms with Gasteiger partial charge in [-0.05, 0) is 31.5 Å². The van der Waals surface area contributed by atoms with E-state index in [-0.39, 0.29) is 5.56 Å². The van der Waals surface area contributed by atoms with Crippen molar-refractivity contribution >= 4 is 17.6 Å². The minimum Gasteiger partial charge on any atom is -0.466 e. The summed E-state index contributed by atoms with van der Waals surface area (Å²) < 4.78 is 94.1. The van der Waals surface area contributed by atoms with Gasteiger partial charge < -0.3 is 24.6 Å². The lowest BCUT2D eigenvalue weighted by Crippen LogP contribution is -2.81. The van der Waals surface area contributed by atoms with Gasteiger partial charge in [-0.1, -0.05) is 12.1 Å². The fraction of sp³-hybridized carbons (Fsp3) is 0.619. The zero-order chi connectivity index (χ0) is 27.0. The van der Waals surface area contributed by atoms with Crippen molar-refractivity contribution in [1.82, 2.24) is 5.32 Å². The fourth-order valence-electron chi connectivity index (χ4n) is 4.13. The van der Waals surface area contributed by atoms with Crippen LogP contribution in [-0.4, -0.2) is 73.3 Å². The van der Waals surface area contributed by atoms with Crippen molar-refractivity contribution in [1.29, 1.82) is 0 Å². The molecule has 3 N–H and O–H groups in total. The Hall–Kier alpha value is -2.58. The third-order valence-electron chi connectivity index (χ3n) is 5.74. The van der Waals surface area contributed by atoms with Crippen LogP contribution in [0.5, 0.6) is 0 Å². The number of hydrogen-bond donors (Lipinski definition) is 3. The molecule has 0 spiro atoms. The number of carbonyl (C=O) groups excluding carboxylic acids is 2. The third kappa shape index (κ3) is 5.05. The van der Waals surface area contributed by atoms with Crippen LogP contribution in [-0.2, 0) is 19.1 Å². The van der Waals surface area contributed by atoms with E-state index >= 15 is 0 Å². The molecule has 1 aromatic carbocycles. The monoisotopic (exact) mass is 516 g/mol. The number of nitrogens with zero attached hydrogens (tertiary/aromatic N) is 1. The van der Waals surface area contributed by atoms with Crippen molar-refractivity contribution in [3.05, 3.63) is 29.8 Å². The summed E-state index contributed by atoms with van der Waals surface area (Å²) in [4.78, 5) is 27.1. The Morgan fingerprint density at radius 3 is 1.54 bits per heavy atom. The molecule has 5 atom stereocenters. The number of esters is 2. The maximum atomic E-state index is 14.1. The Morgan fingerprint density at radius 1 is 0.886 bits per heavy atom. The van der Waals surface area contributed by atoms with E-state index in [2.05, 4.69) is 9.47 Å². The lowest BCUT2D eigenvalue weighted by atomic mass is 9.64. The molecule has 0 aromatic heterocycles. The van der Waals surface area contributed by atoms with Gasteiger partial charge in [0.05, 0.1) is 13.2 Å². The summed E-state index contributed by atoms with van der Waals surface area (Å²) in [7, 11) is 3.24. The Morgan fingerprint density at radius 2 is 1.26 bits per heavy atom. The summed E-state index contributed by atoms with van der Waals surface area (Å²) >= 11 is 0. The van der Waals surface area contributed by atoms with Crippen LogP contribution in [0.4, 0.5) is 32.0 Å². The van der Waals surface area contributed by atoms with Crippen LogP contribution >= 0.6 is 0 Å². The molecule has 1 fully saturated rings. The topological polar surface area (TPSA) is 108 Å². The van der Waals surface area contributed by atoms with E-state index in [1.165, 1.54) is 26.0 Å². The summed E-state index contributed by atoms with van der Waals surface area (Å²) in [6, 6.07) is 4.83. The Kier molecular flexibility index (Phi) is 8.04. The van der Waals surface area contributed by atoms with Crippen LogP contribution in [0, 0.1) is 11.8 Å². The number of carbonyl (C=O) groups is 2. The van der Waals surface area contributed by atoms with E-state index in [0.717, 1.165) is 17.4 Å². The van der Waals surface area contributed by atoms with Crippen LogP contribution in [0.15, 0.2) is 24.3 Å². The molecule has 1 aromatic rings. The average molecular weight is 516 g/mol. The SMILES string of the molecule is CCOC(=O)[C@@H]1C(c2ccc(N(C)C)cc2)[C@H](C(=O)OCC)[C@](O)(C(F)(F)F)N[C@]1(O)C(F)(F)F. The van der Waals surface area contributed by atoms with Gasteiger partial charge in [-0.2, -0.15) is 26.3 Å². The first-order chi connectivity index (χ1) is 16.0. The molecule has 1 heterocycles. The number of hydrogen-bond acceptors (Lipinski definition) is 8. The molecule has 1 aliphatic heterocycles. The molecule has 1 saturated heterocycles. The van der Waals surface area contributed by atoms with Crippen molar-refractivity contribution in [3.8, 4) is 0 Å². The molecule has 1 aliphatic rings. The number of benzene rings is 1. The van der Waals surface area contributed by atoms with Crippen LogP contribution < -0.4 is 10.2 Å². The number of ether oxygens (including phenoxy) is 2. The van der Waals surface area contributed by atoms with Gasteiger partial charge in [0.15, 0.2) is 0 Å². The molecular formula is C21H26F6N2O6. The van der Waals surface area contributed by atoms with E-state index in [1.807, 2.05) is 0 Å². The highest BCUT2D eigenvalue weighted by molar-refractivity contribution is 5.81. The summed E-state index contributed by atoms with van der Waals surface area (Å²) in [5.74, 6) is -11.5. The van der Waals surface area contributed by atoms with Gasteiger partial charge in [0.2, 0.25) is 11.4 Å².